The van der Waals surface area contributed by atoms with Crippen LogP contribution in [0.15, 0.2) is 0 Å². The highest BCUT2D eigenvalue weighted by molar-refractivity contribution is 5.59. The van der Waals surface area contributed by atoms with Gasteiger partial charge in [0.05, 0.1) is 7.11 Å². The molecule has 70 valence electrons. The van der Waals surface area contributed by atoms with Gasteiger partial charge in [-0.1, -0.05) is 6.42 Å². The van der Waals surface area contributed by atoms with E-state index < -0.39 is 6.16 Å². The summed E-state index contributed by atoms with van der Waals surface area (Å²) in [6.07, 6.45) is 2.92. The van der Waals surface area contributed by atoms with Crippen molar-refractivity contribution in [3.63, 3.8) is 0 Å². The highest BCUT2D eigenvalue weighted by Crippen LogP contribution is 2.28. The number of rotatable bonds is 3. The zero-order valence-electron chi connectivity index (χ0n) is 7.29. The minimum atomic E-state index is -0.648. The molecule has 1 rings (SSSR count). The molecule has 1 aliphatic rings. The van der Waals surface area contributed by atoms with Crippen LogP contribution in [0.4, 0.5) is 4.79 Å². The second-order valence-corrected chi connectivity index (χ2v) is 3.12. The Morgan fingerprint density at radius 2 is 2.33 bits per heavy atom. The predicted octanol–water partition coefficient (Wildman–Crippen LogP) is 0.897. The highest BCUT2D eigenvalue weighted by atomic mass is 16.7. The molecule has 1 fully saturated rings. The topological polar surface area (TPSA) is 61.5 Å². The van der Waals surface area contributed by atoms with Crippen molar-refractivity contribution in [3.05, 3.63) is 0 Å². The van der Waals surface area contributed by atoms with E-state index in [1.807, 2.05) is 0 Å². The quantitative estimate of drug-likeness (QED) is 0.644. The Morgan fingerprint density at radius 3 is 2.75 bits per heavy atom. The van der Waals surface area contributed by atoms with Crippen LogP contribution in [-0.2, 0) is 9.47 Å². The standard InChI is InChI=1S/C8H15NO3/c1-11-8(10)12-5-7(9)6-3-2-4-6/h6-7H,2-5,9H2,1H3. The molecule has 2 N–H and O–H groups in total. The molecular weight excluding hydrogens is 158 g/mol. The zero-order valence-corrected chi connectivity index (χ0v) is 7.29. The number of carbonyl (C=O) groups excluding carboxylic acids is 1. The monoisotopic (exact) mass is 173 g/mol. The number of carbonyl (C=O) groups is 1. The summed E-state index contributed by atoms with van der Waals surface area (Å²) in [6, 6.07) is -0.0159. The first-order valence-corrected chi connectivity index (χ1v) is 4.20. The first kappa shape index (κ1) is 9.32. The van der Waals surface area contributed by atoms with Gasteiger partial charge in [-0.2, -0.15) is 0 Å². The SMILES string of the molecule is COC(=O)OCC(N)C1CCC1. The van der Waals surface area contributed by atoms with Gasteiger partial charge in [-0.05, 0) is 18.8 Å². The van der Waals surface area contributed by atoms with Crippen molar-refractivity contribution in [3.8, 4) is 0 Å². The molecule has 0 aromatic heterocycles. The number of methoxy groups -OCH3 is 1. The van der Waals surface area contributed by atoms with Gasteiger partial charge in [0.1, 0.15) is 6.61 Å². The molecule has 12 heavy (non-hydrogen) atoms. The fourth-order valence-electron chi connectivity index (χ4n) is 1.23. The second-order valence-electron chi connectivity index (χ2n) is 3.12. The lowest BCUT2D eigenvalue weighted by Gasteiger charge is -2.30. The zero-order chi connectivity index (χ0) is 8.97. The van der Waals surface area contributed by atoms with E-state index in [9.17, 15) is 4.79 Å². The van der Waals surface area contributed by atoms with Crippen LogP contribution in [-0.4, -0.2) is 25.9 Å². The Morgan fingerprint density at radius 1 is 1.67 bits per heavy atom. The summed E-state index contributed by atoms with van der Waals surface area (Å²) < 4.78 is 9.04. The summed E-state index contributed by atoms with van der Waals surface area (Å²) >= 11 is 0. The average molecular weight is 173 g/mol. The Bertz CT molecular complexity index is 156. The van der Waals surface area contributed by atoms with Crippen molar-refractivity contribution in [2.75, 3.05) is 13.7 Å². The van der Waals surface area contributed by atoms with Gasteiger partial charge in [-0.25, -0.2) is 4.79 Å². The summed E-state index contributed by atoms with van der Waals surface area (Å²) in [6.45, 7) is 0.275. The minimum Gasteiger partial charge on any atom is -0.438 e. The molecule has 4 nitrogen and oxygen atoms in total. The number of hydrogen-bond acceptors (Lipinski definition) is 4. The van der Waals surface area contributed by atoms with E-state index in [1.165, 1.54) is 13.5 Å². The number of hydrogen-bond donors (Lipinski definition) is 1. The van der Waals surface area contributed by atoms with E-state index in [1.54, 1.807) is 0 Å². The highest BCUT2D eigenvalue weighted by Gasteiger charge is 2.25. The lowest BCUT2D eigenvalue weighted by atomic mass is 9.80. The third-order valence-corrected chi connectivity index (χ3v) is 2.32. The molecule has 4 heteroatoms. The summed E-state index contributed by atoms with van der Waals surface area (Å²) in [5.74, 6) is 0.537. The van der Waals surface area contributed by atoms with Crippen molar-refractivity contribution in [1.82, 2.24) is 0 Å². The molecule has 0 radical (unpaired) electrons. The largest absolute Gasteiger partial charge is 0.508 e. The van der Waals surface area contributed by atoms with Crippen LogP contribution in [0, 0.1) is 5.92 Å². The van der Waals surface area contributed by atoms with Gasteiger partial charge >= 0.3 is 6.16 Å². The molecule has 0 heterocycles. The molecule has 0 aromatic rings. The molecule has 0 aliphatic heterocycles. The van der Waals surface area contributed by atoms with Crippen LogP contribution >= 0.6 is 0 Å². The molecule has 0 aromatic carbocycles. The first-order chi connectivity index (χ1) is 5.74. The molecule has 1 unspecified atom stereocenters. The normalized spacial score (nSPS) is 19.5. The summed E-state index contributed by atoms with van der Waals surface area (Å²) in [5, 5.41) is 0. The Labute approximate surface area is 72.0 Å². The summed E-state index contributed by atoms with van der Waals surface area (Å²) in [7, 11) is 1.29. The van der Waals surface area contributed by atoms with E-state index in [-0.39, 0.29) is 12.6 Å². The number of nitrogens with two attached hydrogens (primary N) is 1. The van der Waals surface area contributed by atoms with Gasteiger partial charge in [-0.3, -0.25) is 0 Å². The van der Waals surface area contributed by atoms with E-state index in [4.69, 9.17) is 10.5 Å². The van der Waals surface area contributed by atoms with E-state index >= 15 is 0 Å². The molecule has 0 amide bonds. The van der Waals surface area contributed by atoms with Gasteiger partial charge in [-0.15, -0.1) is 0 Å². The summed E-state index contributed by atoms with van der Waals surface area (Å²) in [5.41, 5.74) is 5.75. The van der Waals surface area contributed by atoms with Crippen LogP contribution in [0.1, 0.15) is 19.3 Å². The van der Waals surface area contributed by atoms with Crippen LogP contribution in [0.3, 0.4) is 0 Å². The van der Waals surface area contributed by atoms with Crippen LogP contribution in [0.2, 0.25) is 0 Å². The van der Waals surface area contributed by atoms with E-state index in [2.05, 4.69) is 4.74 Å². The van der Waals surface area contributed by atoms with Crippen molar-refractivity contribution >= 4 is 6.16 Å². The smallest absolute Gasteiger partial charge is 0.438 e. The lowest BCUT2D eigenvalue weighted by molar-refractivity contribution is 0.0572. The molecular formula is C8H15NO3. The maximum atomic E-state index is 10.5. The van der Waals surface area contributed by atoms with Crippen molar-refractivity contribution in [1.29, 1.82) is 0 Å². The van der Waals surface area contributed by atoms with Crippen LogP contribution in [0.25, 0.3) is 0 Å². The molecule has 0 bridgehead atoms. The Hall–Kier alpha value is -0.770. The van der Waals surface area contributed by atoms with Gasteiger partial charge < -0.3 is 15.2 Å². The third-order valence-electron chi connectivity index (χ3n) is 2.32. The fourth-order valence-corrected chi connectivity index (χ4v) is 1.23. The number of ether oxygens (including phenoxy) is 2. The van der Waals surface area contributed by atoms with E-state index in [0.717, 1.165) is 12.8 Å². The van der Waals surface area contributed by atoms with Crippen LogP contribution < -0.4 is 5.73 Å². The van der Waals surface area contributed by atoms with Gasteiger partial charge in [0.2, 0.25) is 0 Å². The second kappa shape index (κ2) is 4.30. The average Bonchev–Trinajstić information content (AvgIpc) is 1.97. The third kappa shape index (κ3) is 2.37. The maximum absolute atomic E-state index is 10.5. The molecule has 0 saturated heterocycles. The first-order valence-electron chi connectivity index (χ1n) is 4.20. The fraction of sp³-hybridized carbons (Fsp3) is 0.875. The lowest BCUT2D eigenvalue weighted by Crippen LogP contribution is -2.39. The van der Waals surface area contributed by atoms with Crippen molar-refractivity contribution in [2.45, 2.75) is 25.3 Å². The molecule has 1 atom stereocenters. The molecule has 1 saturated carbocycles. The van der Waals surface area contributed by atoms with Crippen molar-refractivity contribution in [2.24, 2.45) is 11.7 Å². The summed E-state index contributed by atoms with van der Waals surface area (Å²) in [4.78, 5) is 10.5. The minimum absolute atomic E-state index is 0.0159. The molecule has 1 aliphatic carbocycles. The van der Waals surface area contributed by atoms with Crippen molar-refractivity contribution < 1.29 is 14.3 Å². The van der Waals surface area contributed by atoms with Gasteiger partial charge in [0.15, 0.2) is 0 Å². The Kier molecular flexibility index (Phi) is 3.34. The van der Waals surface area contributed by atoms with Gasteiger partial charge in [0, 0.05) is 6.04 Å². The van der Waals surface area contributed by atoms with E-state index in [0.29, 0.717) is 5.92 Å². The van der Waals surface area contributed by atoms with Gasteiger partial charge in [0.25, 0.3) is 0 Å². The Balaban J connectivity index is 2.09. The van der Waals surface area contributed by atoms with Crippen LogP contribution in [0.5, 0.6) is 0 Å². The predicted molar refractivity (Wildman–Crippen MR) is 43.7 cm³/mol. The molecule has 0 spiro atoms. The maximum Gasteiger partial charge on any atom is 0.508 e.